The van der Waals surface area contributed by atoms with Gasteiger partial charge in [-0.2, -0.15) is 0 Å². The van der Waals surface area contributed by atoms with E-state index in [1.807, 2.05) is 12.1 Å². The predicted octanol–water partition coefficient (Wildman–Crippen LogP) is 0.482. The summed E-state index contributed by atoms with van der Waals surface area (Å²) < 4.78 is 5.09. The van der Waals surface area contributed by atoms with Gasteiger partial charge < -0.3 is 25.4 Å². The van der Waals surface area contributed by atoms with Crippen LogP contribution in [-0.2, 0) is 4.79 Å². The van der Waals surface area contributed by atoms with Gasteiger partial charge in [0.05, 0.1) is 13.2 Å². The lowest BCUT2D eigenvalue weighted by Crippen LogP contribution is -2.43. The molecule has 0 radical (unpaired) electrons. The highest BCUT2D eigenvalue weighted by molar-refractivity contribution is 5.96. The maximum Gasteiger partial charge on any atom is 0.315 e. The van der Waals surface area contributed by atoms with Crippen LogP contribution in [0.5, 0.6) is 5.75 Å². The molecule has 1 atom stereocenters. The predicted molar refractivity (Wildman–Crippen MR) is 82.0 cm³/mol. The number of hydrogen-bond donors (Lipinski definition) is 3. The van der Waals surface area contributed by atoms with Crippen molar-refractivity contribution in [2.45, 2.75) is 18.9 Å². The first-order valence-electron chi connectivity index (χ1n) is 7.23. The van der Waals surface area contributed by atoms with Crippen LogP contribution in [0, 0.1) is 0 Å². The highest BCUT2D eigenvalue weighted by Crippen LogP contribution is 2.24. The number of methoxy groups -OCH3 is 1. The number of aliphatic hydroxyl groups excluding tert-OH is 1. The molecule has 0 aromatic heterocycles. The molecule has 1 aromatic rings. The lowest BCUT2D eigenvalue weighted by atomic mass is 10.2. The van der Waals surface area contributed by atoms with E-state index >= 15 is 0 Å². The van der Waals surface area contributed by atoms with E-state index < -0.39 is 0 Å². The number of rotatable bonds is 6. The summed E-state index contributed by atoms with van der Waals surface area (Å²) in [4.78, 5) is 25.4. The third kappa shape index (κ3) is 4.11. The number of nitrogens with one attached hydrogen (secondary N) is 2. The van der Waals surface area contributed by atoms with E-state index in [2.05, 4.69) is 10.6 Å². The average molecular weight is 307 g/mol. The van der Waals surface area contributed by atoms with Crippen LogP contribution in [0.25, 0.3) is 0 Å². The lowest BCUT2D eigenvalue weighted by molar-refractivity contribution is -0.117. The zero-order valence-corrected chi connectivity index (χ0v) is 12.5. The Bertz CT molecular complexity index is 518. The number of carbonyl (C=O) groups excluding carboxylic acids is 2. The van der Waals surface area contributed by atoms with E-state index in [9.17, 15) is 9.59 Å². The highest BCUT2D eigenvalue weighted by Gasteiger charge is 2.31. The number of aliphatic hydroxyl groups is 1. The van der Waals surface area contributed by atoms with Gasteiger partial charge in [-0.3, -0.25) is 4.79 Å². The Balaban J connectivity index is 1.88. The molecule has 0 unspecified atom stereocenters. The first-order chi connectivity index (χ1) is 10.6. The summed E-state index contributed by atoms with van der Waals surface area (Å²) in [7, 11) is 1.59. The van der Waals surface area contributed by atoms with E-state index in [-0.39, 0.29) is 31.0 Å². The Morgan fingerprint density at radius 1 is 1.41 bits per heavy atom. The first kappa shape index (κ1) is 16.1. The van der Waals surface area contributed by atoms with Crippen molar-refractivity contribution in [3.8, 4) is 5.75 Å². The van der Waals surface area contributed by atoms with Crippen LogP contribution in [0.1, 0.15) is 12.8 Å². The lowest BCUT2D eigenvalue weighted by Gasteiger charge is -2.17. The molecular formula is C15H21N3O4. The largest absolute Gasteiger partial charge is 0.497 e. The van der Waals surface area contributed by atoms with Crippen molar-refractivity contribution in [2.75, 3.05) is 31.7 Å². The summed E-state index contributed by atoms with van der Waals surface area (Å²) in [6.45, 7) is 0.886. The molecule has 1 aliphatic rings. The minimum absolute atomic E-state index is 0.0224. The summed E-state index contributed by atoms with van der Waals surface area (Å²) in [6.07, 6.45) is 0.786. The summed E-state index contributed by atoms with van der Waals surface area (Å²) >= 11 is 0. The van der Waals surface area contributed by atoms with E-state index in [0.717, 1.165) is 11.4 Å². The molecule has 7 heteroatoms. The number of benzene rings is 1. The van der Waals surface area contributed by atoms with Crippen molar-refractivity contribution in [2.24, 2.45) is 0 Å². The van der Waals surface area contributed by atoms with Crippen molar-refractivity contribution in [3.05, 3.63) is 24.3 Å². The van der Waals surface area contributed by atoms with Gasteiger partial charge in [-0.15, -0.1) is 0 Å². The number of nitrogens with zero attached hydrogens (tertiary/aromatic N) is 1. The van der Waals surface area contributed by atoms with E-state index in [4.69, 9.17) is 9.84 Å². The molecule has 1 fully saturated rings. The Labute approximate surface area is 129 Å². The number of urea groups is 1. The Kier molecular flexibility index (Phi) is 5.60. The van der Waals surface area contributed by atoms with Gasteiger partial charge in [0, 0.05) is 31.8 Å². The Morgan fingerprint density at radius 3 is 2.77 bits per heavy atom. The topological polar surface area (TPSA) is 90.9 Å². The molecule has 120 valence electrons. The monoisotopic (exact) mass is 307 g/mol. The molecule has 2 rings (SSSR count). The van der Waals surface area contributed by atoms with Crippen LogP contribution in [0.2, 0.25) is 0 Å². The van der Waals surface area contributed by atoms with Crippen LogP contribution in [-0.4, -0.2) is 49.9 Å². The molecule has 1 heterocycles. The van der Waals surface area contributed by atoms with Crippen LogP contribution >= 0.6 is 0 Å². The van der Waals surface area contributed by atoms with Crippen LogP contribution < -0.4 is 20.3 Å². The molecule has 3 N–H and O–H groups in total. The number of ether oxygens (including phenoxy) is 1. The fourth-order valence-electron chi connectivity index (χ4n) is 2.33. The molecule has 0 bridgehead atoms. The van der Waals surface area contributed by atoms with Crippen molar-refractivity contribution >= 4 is 17.6 Å². The van der Waals surface area contributed by atoms with Crippen LogP contribution in [0.4, 0.5) is 10.5 Å². The zero-order valence-electron chi connectivity index (χ0n) is 12.5. The first-order valence-corrected chi connectivity index (χ1v) is 7.23. The maximum atomic E-state index is 12.1. The number of amides is 3. The fraction of sp³-hybridized carbons (Fsp3) is 0.467. The van der Waals surface area contributed by atoms with Gasteiger partial charge in [-0.05, 0) is 30.7 Å². The average Bonchev–Trinajstić information content (AvgIpc) is 2.88. The second-order valence-corrected chi connectivity index (χ2v) is 5.08. The standard InChI is InChI=1S/C15H21N3O4/c1-22-13-5-3-12(4-6-13)18-10-11(9-14(18)20)17-15(21)16-7-2-8-19/h3-6,11,19H,2,7-10H2,1H3,(H2,16,17,21)/t11-/m0/s1. The van der Waals surface area contributed by atoms with Crippen molar-refractivity contribution < 1.29 is 19.4 Å². The van der Waals surface area contributed by atoms with Gasteiger partial charge in [0.2, 0.25) is 5.91 Å². The molecule has 0 saturated carbocycles. The van der Waals surface area contributed by atoms with Gasteiger partial charge in [-0.25, -0.2) is 4.79 Å². The second-order valence-electron chi connectivity index (χ2n) is 5.08. The van der Waals surface area contributed by atoms with Crippen molar-refractivity contribution in [3.63, 3.8) is 0 Å². The molecule has 7 nitrogen and oxygen atoms in total. The minimum atomic E-state index is -0.317. The number of carbonyl (C=O) groups is 2. The molecule has 3 amide bonds. The number of hydrogen-bond acceptors (Lipinski definition) is 4. The Morgan fingerprint density at radius 2 is 2.14 bits per heavy atom. The Hall–Kier alpha value is -2.28. The molecule has 1 aromatic carbocycles. The van der Waals surface area contributed by atoms with E-state index in [1.54, 1.807) is 24.1 Å². The summed E-state index contributed by atoms with van der Waals surface area (Å²) in [5.74, 6) is 0.708. The molecule has 22 heavy (non-hydrogen) atoms. The normalized spacial score (nSPS) is 17.5. The third-order valence-corrected chi connectivity index (χ3v) is 3.46. The van der Waals surface area contributed by atoms with Gasteiger partial charge in [0.25, 0.3) is 0 Å². The molecule has 1 aliphatic heterocycles. The third-order valence-electron chi connectivity index (χ3n) is 3.46. The van der Waals surface area contributed by atoms with Gasteiger partial charge >= 0.3 is 6.03 Å². The molecule has 0 spiro atoms. The molecular weight excluding hydrogens is 286 g/mol. The number of anilines is 1. The fourth-order valence-corrected chi connectivity index (χ4v) is 2.33. The molecule has 0 aliphatic carbocycles. The SMILES string of the molecule is COc1ccc(N2C[C@@H](NC(=O)NCCCO)CC2=O)cc1. The molecule has 1 saturated heterocycles. The summed E-state index contributed by atoms with van der Waals surface area (Å²) in [5, 5.41) is 14.1. The van der Waals surface area contributed by atoms with Crippen LogP contribution in [0.15, 0.2) is 24.3 Å². The van der Waals surface area contributed by atoms with Crippen molar-refractivity contribution in [1.82, 2.24) is 10.6 Å². The smallest absolute Gasteiger partial charge is 0.315 e. The summed E-state index contributed by atoms with van der Waals surface area (Å²) in [6, 6.07) is 6.70. The van der Waals surface area contributed by atoms with Gasteiger partial charge in [-0.1, -0.05) is 0 Å². The summed E-state index contributed by atoms with van der Waals surface area (Å²) in [5.41, 5.74) is 0.788. The van der Waals surface area contributed by atoms with Gasteiger partial charge in [0.1, 0.15) is 5.75 Å². The van der Waals surface area contributed by atoms with E-state index in [0.29, 0.717) is 19.5 Å². The maximum absolute atomic E-state index is 12.1. The highest BCUT2D eigenvalue weighted by atomic mass is 16.5. The quantitative estimate of drug-likeness (QED) is 0.667. The minimum Gasteiger partial charge on any atom is -0.497 e. The van der Waals surface area contributed by atoms with E-state index in [1.165, 1.54) is 0 Å². The van der Waals surface area contributed by atoms with Crippen LogP contribution in [0.3, 0.4) is 0 Å². The van der Waals surface area contributed by atoms with Gasteiger partial charge in [0.15, 0.2) is 0 Å². The zero-order chi connectivity index (χ0) is 15.9. The second kappa shape index (κ2) is 7.65. The van der Waals surface area contributed by atoms with Crippen molar-refractivity contribution in [1.29, 1.82) is 0 Å².